The van der Waals surface area contributed by atoms with E-state index in [1.54, 1.807) is 6.07 Å². The Kier molecular flexibility index (Phi) is 6.61. The number of carbonyl (C=O) groups excluding carboxylic acids is 1. The van der Waals surface area contributed by atoms with E-state index in [0.717, 1.165) is 31.4 Å². The number of hydrogen-bond acceptors (Lipinski definition) is 2. The Balaban J connectivity index is 1.71. The molecule has 21 heavy (non-hydrogen) atoms. The maximum atomic E-state index is 11.8. The highest BCUT2D eigenvalue weighted by molar-refractivity contribution is 6.34. The van der Waals surface area contributed by atoms with Crippen LogP contribution in [0.4, 0.5) is 4.79 Å². The largest absolute Gasteiger partial charge is 0.381 e. The molecular formula is C15H20Cl2N2O2. The number of nitrogens with one attached hydrogen (secondary N) is 2. The van der Waals surface area contributed by atoms with Crippen molar-refractivity contribution in [1.82, 2.24) is 10.6 Å². The van der Waals surface area contributed by atoms with Crippen LogP contribution < -0.4 is 10.6 Å². The Morgan fingerprint density at radius 2 is 1.95 bits per heavy atom. The molecule has 1 atom stereocenters. The molecule has 2 rings (SSSR count). The summed E-state index contributed by atoms with van der Waals surface area (Å²) in [6.07, 6.45) is 3.53. The van der Waals surface area contributed by atoms with Crippen molar-refractivity contribution in [3.63, 3.8) is 0 Å². The van der Waals surface area contributed by atoms with Gasteiger partial charge in [0.15, 0.2) is 0 Å². The zero-order chi connectivity index (χ0) is 15.1. The highest BCUT2D eigenvalue weighted by atomic mass is 35.5. The first kappa shape index (κ1) is 16.4. The van der Waals surface area contributed by atoms with E-state index in [4.69, 9.17) is 27.9 Å². The van der Waals surface area contributed by atoms with Gasteiger partial charge in [-0.3, -0.25) is 0 Å². The third-order valence-electron chi connectivity index (χ3n) is 3.41. The van der Waals surface area contributed by atoms with Crippen molar-refractivity contribution < 1.29 is 9.53 Å². The summed E-state index contributed by atoms with van der Waals surface area (Å²) in [5, 5.41) is 7.07. The summed E-state index contributed by atoms with van der Waals surface area (Å²) in [7, 11) is 0. The molecule has 1 aromatic rings. The van der Waals surface area contributed by atoms with Crippen LogP contribution in [-0.2, 0) is 11.2 Å². The van der Waals surface area contributed by atoms with Crippen LogP contribution in [0.3, 0.4) is 0 Å². The predicted molar refractivity (Wildman–Crippen MR) is 85.2 cm³/mol. The quantitative estimate of drug-likeness (QED) is 0.888. The molecule has 0 radical (unpaired) electrons. The van der Waals surface area contributed by atoms with Crippen LogP contribution in [-0.4, -0.2) is 31.8 Å². The molecule has 2 amide bonds. The smallest absolute Gasteiger partial charge is 0.315 e. The zero-order valence-electron chi connectivity index (χ0n) is 11.8. The van der Waals surface area contributed by atoms with Gasteiger partial charge in [-0.25, -0.2) is 4.79 Å². The van der Waals surface area contributed by atoms with Gasteiger partial charge in [0, 0.05) is 35.8 Å². The van der Waals surface area contributed by atoms with Crippen molar-refractivity contribution in [2.75, 3.05) is 19.8 Å². The lowest BCUT2D eigenvalue weighted by atomic mass is 10.1. The number of ether oxygens (including phenoxy) is 1. The maximum absolute atomic E-state index is 11.8. The molecule has 2 N–H and O–H groups in total. The van der Waals surface area contributed by atoms with Gasteiger partial charge in [0.2, 0.25) is 0 Å². The summed E-state index contributed by atoms with van der Waals surface area (Å²) in [5.74, 6) is 0. The number of urea groups is 1. The minimum Gasteiger partial charge on any atom is -0.381 e. The van der Waals surface area contributed by atoms with E-state index >= 15 is 0 Å². The number of carbonyl (C=O) groups is 1. The normalized spacial score (nSPS) is 18.9. The van der Waals surface area contributed by atoms with Gasteiger partial charge >= 0.3 is 6.03 Å². The van der Waals surface area contributed by atoms with Crippen LogP contribution in [0.2, 0.25) is 10.0 Å². The molecule has 0 saturated carbocycles. The van der Waals surface area contributed by atoms with E-state index in [1.165, 1.54) is 0 Å². The lowest BCUT2D eigenvalue weighted by Crippen LogP contribution is -2.42. The van der Waals surface area contributed by atoms with Crippen molar-refractivity contribution in [3.05, 3.63) is 33.8 Å². The van der Waals surface area contributed by atoms with Crippen LogP contribution in [0.1, 0.15) is 24.8 Å². The Hall–Kier alpha value is -0.970. The van der Waals surface area contributed by atoms with E-state index in [-0.39, 0.29) is 12.1 Å². The first-order valence-electron chi connectivity index (χ1n) is 7.20. The highest BCUT2D eigenvalue weighted by Gasteiger charge is 2.14. The van der Waals surface area contributed by atoms with E-state index < -0.39 is 0 Å². The molecule has 116 valence electrons. The number of halogens is 2. The van der Waals surface area contributed by atoms with E-state index in [0.29, 0.717) is 29.6 Å². The van der Waals surface area contributed by atoms with E-state index in [1.807, 2.05) is 12.1 Å². The molecule has 0 spiro atoms. The number of amides is 2. The summed E-state index contributed by atoms with van der Waals surface area (Å²) in [6.45, 7) is 2.05. The lowest BCUT2D eigenvalue weighted by molar-refractivity contribution is 0.143. The zero-order valence-corrected chi connectivity index (χ0v) is 13.3. The lowest BCUT2D eigenvalue weighted by Gasteiger charge is -2.16. The molecule has 1 aliphatic heterocycles. The summed E-state index contributed by atoms with van der Waals surface area (Å²) in [5.41, 5.74) is 1.01. The average Bonchev–Trinajstić information content (AvgIpc) is 2.66. The molecule has 1 fully saturated rings. The Morgan fingerprint density at radius 3 is 2.71 bits per heavy atom. The molecule has 1 aliphatic rings. The second kappa shape index (κ2) is 8.47. The van der Waals surface area contributed by atoms with Gasteiger partial charge in [-0.2, -0.15) is 0 Å². The van der Waals surface area contributed by atoms with Crippen LogP contribution >= 0.6 is 23.2 Å². The summed E-state index contributed by atoms with van der Waals surface area (Å²) < 4.78 is 5.37. The standard InChI is InChI=1S/C15H20Cl2N2O2/c16-12-8-11(9-13(17)10-12)3-5-18-15(20)19-14-2-1-6-21-7-4-14/h8-10,14H,1-7H2,(H2,18,19,20). The highest BCUT2D eigenvalue weighted by Crippen LogP contribution is 2.19. The maximum Gasteiger partial charge on any atom is 0.315 e. The SMILES string of the molecule is O=C(NCCc1cc(Cl)cc(Cl)c1)NC1CCCOCC1. The topological polar surface area (TPSA) is 50.4 Å². The van der Waals surface area contributed by atoms with Crippen molar-refractivity contribution >= 4 is 29.2 Å². The van der Waals surface area contributed by atoms with Gasteiger partial charge in [-0.05, 0) is 49.4 Å². The van der Waals surface area contributed by atoms with Gasteiger partial charge in [-0.1, -0.05) is 23.2 Å². The van der Waals surface area contributed by atoms with Gasteiger partial charge < -0.3 is 15.4 Å². The van der Waals surface area contributed by atoms with Gasteiger partial charge in [0.1, 0.15) is 0 Å². The molecule has 1 saturated heterocycles. The van der Waals surface area contributed by atoms with E-state index in [9.17, 15) is 4.79 Å². The predicted octanol–water partition coefficient (Wildman–Crippen LogP) is 3.40. The van der Waals surface area contributed by atoms with Crippen LogP contribution in [0.25, 0.3) is 0 Å². The van der Waals surface area contributed by atoms with Gasteiger partial charge in [0.25, 0.3) is 0 Å². The summed E-state index contributed by atoms with van der Waals surface area (Å²) >= 11 is 11.9. The van der Waals surface area contributed by atoms with Crippen molar-refractivity contribution in [2.24, 2.45) is 0 Å². The molecule has 0 bridgehead atoms. The molecule has 6 heteroatoms. The fraction of sp³-hybridized carbons (Fsp3) is 0.533. The van der Waals surface area contributed by atoms with Crippen LogP contribution in [0, 0.1) is 0 Å². The molecule has 1 aromatic carbocycles. The number of hydrogen-bond donors (Lipinski definition) is 2. The number of benzene rings is 1. The molecule has 1 unspecified atom stereocenters. The first-order valence-corrected chi connectivity index (χ1v) is 7.96. The molecule has 0 aliphatic carbocycles. The fourth-order valence-electron chi connectivity index (χ4n) is 2.36. The van der Waals surface area contributed by atoms with Crippen molar-refractivity contribution in [1.29, 1.82) is 0 Å². The average molecular weight is 331 g/mol. The van der Waals surface area contributed by atoms with E-state index in [2.05, 4.69) is 10.6 Å². The summed E-state index contributed by atoms with van der Waals surface area (Å²) in [4.78, 5) is 11.8. The minimum absolute atomic E-state index is 0.130. The minimum atomic E-state index is -0.130. The fourth-order valence-corrected chi connectivity index (χ4v) is 2.93. The van der Waals surface area contributed by atoms with Crippen LogP contribution in [0.5, 0.6) is 0 Å². The van der Waals surface area contributed by atoms with Gasteiger partial charge in [-0.15, -0.1) is 0 Å². The Labute approximate surface area is 135 Å². The van der Waals surface area contributed by atoms with Gasteiger partial charge in [0.05, 0.1) is 0 Å². The third-order valence-corrected chi connectivity index (χ3v) is 3.85. The number of rotatable bonds is 4. The second-order valence-electron chi connectivity index (χ2n) is 5.17. The summed E-state index contributed by atoms with van der Waals surface area (Å²) in [6, 6.07) is 5.48. The van der Waals surface area contributed by atoms with Crippen molar-refractivity contribution in [2.45, 2.75) is 31.7 Å². The first-order chi connectivity index (χ1) is 10.1. The molecule has 0 aromatic heterocycles. The third kappa shape index (κ3) is 6.12. The second-order valence-corrected chi connectivity index (χ2v) is 6.04. The monoisotopic (exact) mass is 330 g/mol. The molecular weight excluding hydrogens is 311 g/mol. The molecule has 1 heterocycles. The van der Waals surface area contributed by atoms with Crippen molar-refractivity contribution in [3.8, 4) is 0 Å². The van der Waals surface area contributed by atoms with Crippen LogP contribution in [0.15, 0.2) is 18.2 Å². The Bertz CT molecular complexity index is 454. The Morgan fingerprint density at radius 1 is 1.19 bits per heavy atom. The molecule has 4 nitrogen and oxygen atoms in total.